The minimum Gasteiger partial charge on any atom is -0.251 e. The largest absolute Gasteiger partial charge is 0.251 e. The molecular formula is C32H59F. The van der Waals surface area contributed by atoms with E-state index in [9.17, 15) is 4.39 Å². The summed E-state index contributed by atoms with van der Waals surface area (Å²) in [5, 5.41) is 0. The fourth-order valence-corrected chi connectivity index (χ4v) is 7.92. The van der Waals surface area contributed by atoms with Gasteiger partial charge in [-0.05, 0) is 67.6 Å². The maximum absolute atomic E-state index is 12.3. The molecule has 0 aromatic carbocycles. The van der Waals surface area contributed by atoms with E-state index in [-0.39, 0.29) is 6.67 Å². The molecule has 194 valence electrons. The summed E-state index contributed by atoms with van der Waals surface area (Å²) in [6, 6.07) is 0. The number of alkyl halides is 1. The van der Waals surface area contributed by atoms with Crippen LogP contribution >= 0.6 is 0 Å². The van der Waals surface area contributed by atoms with E-state index in [1.807, 2.05) is 0 Å². The molecule has 3 aliphatic rings. The van der Waals surface area contributed by atoms with E-state index in [1.165, 1.54) is 77.0 Å². The van der Waals surface area contributed by atoms with Crippen LogP contribution in [0.5, 0.6) is 0 Å². The van der Waals surface area contributed by atoms with Gasteiger partial charge in [-0.1, -0.05) is 129 Å². The van der Waals surface area contributed by atoms with Crippen molar-refractivity contribution in [3.63, 3.8) is 0 Å². The molecule has 0 unspecified atom stereocenters. The smallest absolute Gasteiger partial charge is 0.0894 e. The summed E-state index contributed by atoms with van der Waals surface area (Å²) in [6.45, 7) is 2.20. The second kappa shape index (κ2) is 16.6. The zero-order valence-corrected chi connectivity index (χ0v) is 22.5. The van der Waals surface area contributed by atoms with Crippen LogP contribution in [0.1, 0.15) is 161 Å². The highest BCUT2D eigenvalue weighted by Gasteiger charge is 2.31. The molecular weight excluding hydrogens is 403 g/mol. The van der Waals surface area contributed by atoms with Gasteiger partial charge >= 0.3 is 0 Å². The Morgan fingerprint density at radius 2 is 0.788 bits per heavy atom. The first kappa shape index (κ1) is 27.5. The minimum atomic E-state index is -0.115. The minimum absolute atomic E-state index is 0.115. The van der Waals surface area contributed by atoms with Gasteiger partial charge in [0.25, 0.3) is 0 Å². The van der Waals surface area contributed by atoms with E-state index < -0.39 is 0 Å². The van der Waals surface area contributed by atoms with Crippen molar-refractivity contribution in [3.05, 3.63) is 0 Å². The lowest BCUT2D eigenvalue weighted by molar-refractivity contribution is 0.135. The number of rotatable bonds is 15. The van der Waals surface area contributed by atoms with Gasteiger partial charge in [0.1, 0.15) is 0 Å². The van der Waals surface area contributed by atoms with E-state index in [1.54, 1.807) is 64.2 Å². The van der Waals surface area contributed by atoms with Crippen LogP contribution in [-0.2, 0) is 0 Å². The first-order valence-corrected chi connectivity index (χ1v) is 15.8. The molecule has 3 rings (SSSR count). The Bertz CT molecular complexity index is 449. The van der Waals surface area contributed by atoms with E-state index in [2.05, 4.69) is 6.92 Å². The number of hydrogen-bond donors (Lipinski definition) is 0. The molecule has 0 aromatic rings. The van der Waals surface area contributed by atoms with Crippen LogP contribution in [0.3, 0.4) is 0 Å². The molecule has 0 spiro atoms. The van der Waals surface area contributed by atoms with Gasteiger partial charge < -0.3 is 0 Å². The molecule has 0 radical (unpaired) electrons. The van der Waals surface area contributed by atoms with Gasteiger partial charge in [-0.15, -0.1) is 0 Å². The summed E-state index contributed by atoms with van der Waals surface area (Å²) in [7, 11) is 0. The zero-order chi connectivity index (χ0) is 23.1. The summed E-state index contributed by atoms with van der Waals surface area (Å²) in [4.78, 5) is 0. The van der Waals surface area contributed by atoms with E-state index in [4.69, 9.17) is 0 Å². The quantitative estimate of drug-likeness (QED) is 0.212. The molecule has 0 bridgehead atoms. The van der Waals surface area contributed by atoms with Gasteiger partial charge in [-0.25, -0.2) is 0 Å². The Balaban J connectivity index is 1.19. The van der Waals surface area contributed by atoms with E-state index in [0.29, 0.717) is 0 Å². The molecule has 33 heavy (non-hydrogen) atoms. The highest BCUT2D eigenvalue weighted by Crippen LogP contribution is 2.44. The Hall–Kier alpha value is -0.0700. The van der Waals surface area contributed by atoms with Crippen LogP contribution in [0.2, 0.25) is 0 Å². The summed E-state index contributed by atoms with van der Waals surface area (Å²) >= 11 is 0. The summed E-state index contributed by atoms with van der Waals surface area (Å²) in [6.07, 6.45) is 34.8. The van der Waals surface area contributed by atoms with Gasteiger partial charge in [0.05, 0.1) is 6.67 Å². The third kappa shape index (κ3) is 10.6. The predicted molar refractivity (Wildman–Crippen MR) is 143 cm³/mol. The summed E-state index contributed by atoms with van der Waals surface area (Å²) in [5.74, 6) is 6.27. The maximum atomic E-state index is 12.3. The van der Waals surface area contributed by atoms with Crippen molar-refractivity contribution in [2.75, 3.05) is 6.67 Å². The topological polar surface area (TPSA) is 0 Å². The highest BCUT2D eigenvalue weighted by molar-refractivity contribution is 4.83. The van der Waals surface area contributed by atoms with Crippen molar-refractivity contribution < 1.29 is 4.39 Å². The van der Waals surface area contributed by atoms with Crippen molar-refractivity contribution in [2.24, 2.45) is 35.5 Å². The monoisotopic (exact) mass is 462 g/mol. The van der Waals surface area contributed by atoms with Gasteiger partial charge in [-0.2, -0.15) is 0 Å². The molecule has 1 heteroatoms. The highest BCUT2D eigenvalue weighted by atomic mass is 19.1. The van der Waals surface area contributed by atoms with Gasteiger partial charge in [0.2, 0.25) is 0 Å². The van der Waals surface area contributed by atoms with Crippen LogP contribution in [-0.4, -0.2) is 6.67 Å². The lowest BCUT2D eigenvalue weighted by atomic mass is 9.68. The van der Waals surface area contributed by atoms with E-state index in [0.717, 1.165) is 48.3 Å². The third-order valence-electron chi connectivity index (χ3n) is 10.4. The fourth-order valence-electron chi connectivity index (χ4n) is 7.92. The second-order valence-electron chi connectivity index (χ2n) is 12.8. The Morgan fingerprint density at radius 1 is 0.424 bits per heavy atom. The first-order chi connectivity index (χ1) is 16.3. The molecule has 0 N–H and O–H groups in total. The molecule has 0 amide bonds. The number of unbranched alkanes of at least 4 members (excludes halogenated alkanes) is 6. The lowest BCUT2D eigenvalue weighted by Crippen LogP contribution is -2.26. The van der Waals surface area contributed by atoms with Gasteiger partial charge in [0.15, 0.2) is 0 Å². The van der Waals surface area contributed by atoms with Crippen LogP contribution in [0.25, 0.3) is 0 Å². The van der Waals surface area contributed by atoms with Crippen LogP contribution in [0.15, 0.2) is 0 Å². The van der Waals surface area contributed by atoms with Crippen molar-refractivity contribution in [1.82, 2.24) is 0 Å². The number of hydrogen-bond acceptors (Lipinski definition) is 0. The SMILES string of the molecule is CCCCCCCC1CCC(CCC2CCC(C3CCC(CCCCCF)CC3)CC2)CC1. The molecule has 3 saturated carbocycles. The Morgan fingerprint density at radius 3 is 1.21 bits per heavy atom. The third-order valence-corrected chi connectivity index (χ3v) is 10.4. The van der Waals surface area contributed by atoms with Crippen molar-refractivity contribution in [3.8, 4) is 0 Å². The molecule has 0 atom stereocenters. The van der Waals surface area contributed by atoms with Crippen molar-refractivity contribution in [2.45, 2.75) is 161 Å². The molecule has 0 nitrogen and oxygen atoms in total. The first-order valence-electron chi connectivity index (χ1n) is 15.8. The summed E-state index contributed by atoms with van der Waals surface area (Å²) < 4.78 is 12.3. The molecule has 0 saturated heterocycles. The normalized spacial score (nSPS) is 33.3. The summed E-state index contributed by atoms with van der Waals surface area (Å²) in [5.41, 5.74) is 0. The lowest BCUT2D eigenvalue weighted by Gasteiger charge is -2.38. The molecule has 3 fully saturated rings. The van der Waals surface area contributed by atoms with Crippen molar-refractivity contribution in [1.29, 1.82) is 0 Å². The van der Waals surface area contributed by atoms with E-state index >= 15 is 0 Å². The standard InChI is InChI=1S/C32H59F/c1-2-3-4-5-7-10-27-12-14-29(15-13-27)16-17-30-20-24-32(25-21-30)31-22-18-28(19-23-31)11-8-6-9-26-33/h27-32H,2-26H2,1H3. The predicted octanol–water partition coefficient (Wildman–Crippen LogP) is 11.1. The number of halogens is 1. The molecule has 3 aliphatic carbocycles. The average molecular weight is 463 g/mol. The zero-order valence-electron chi connectivity index (χ0n) is 22.5. The Labute approximate surface area is 207 Å². The van der Waals surface area contributed by atoms with Gasteiger partial charge in [-0.3, -0.25) is 4.39 Å². The fraction of sp³-hybridized carbons (Fsp3) is 1.00. The van der Waals surface area contributed by atoms with Crippen LogP contribution in [0.4, 0.5) is 4.39 Å². The molecule has 0 aliphatic heterocycles. The second-order valence-corrected chi connectivity index (χ2v) is 12.8. The Kier molecular flexibility index (Phi) is 13.8. The maximum Gasteiger partial charge on any atom is 0.0894 e. The van der Waals surface area contributed by atoms with Crippen molar-refractivity contribution >= 4 is 0 Å². The molecule has 0 heterocycles. The van der Waals surface area contributed by atoms with Crippen LogP contribution in [0, 0.1) is 35.5 Å². The molecule has 0 aromatic heterocycles. The average Bonchev–Trinajstić information content (AvgIpc) is 2.87. The van der Waals surface area contributed by atoms with Gasteiger partial charge in [0, 0.05) is 0 Å². The van der Waals surface area contributed by atoms with Crippen LogP contribution < -0.4 is 0 Å².